The lowest BCUT2D eigenvalue weighted by molar-refractivity contribution is -0.121. The molecule has 5 heteroatoms. The number of hydrogen-bond acceptors (Lipinski definition) is 4. The van der Waals surface area contributed by atoms with Crippen LogP contribution in [-0.4, -0.2) is 22.7 Å². The van der Waals surface area contributed by atoms with E-state index in [4.69, 9.17) is 10.00 Å². The molecule has 0 spiro atoms. The number of nitrogens with zero attached hydrogens (tertiary/aromatic N) is 1. The van der Waals surface area contributed by atoms with Crippen molar-refractivity contribution in [1.82, 2.24) is 0 Å². The summed E-state index contributed by atoms with van der Waals surface area (Å²) in [5.74, 6) is 0.194. The molecule has 0 aromatic heterocycles. The van der Waals surface area contributed by atoms with Gasteiger partial charge in [-0.25, -0.2) is 0 Å². The van der Waals surface area contributed by atoms with E-state index < -0.39 is 11.7 Å². The van der Waals surface area contributed by atoms with Gasteiger partial charge in [0.1, 0.15) is 11.8 Å². The number of rotatable bonds is 9. The van der Waals surface area contributed by atoms with E-state index in [0.717, 1.165) is 12.8 Å². The van der Waals surface area contributed by atoms with E-state index >= 15 is 0 Å². The van der Waals surface area contributed by atoms with Gasteiger partial charge in [0.25, 0.3) is 0 Å². The van der Waals surface area contributed by atoms with Crippen LogP contribution in [0, 0.1) is 11.3 Å². The zero-order chi connectivity index (χ0) is 17.3. The molecule has 1 aromatic rings. The van der Waals surface area contributed by atoms with Crippen LogP contribution >= 0.6 is 0 Å². The summed E-state index contributed by atoms with van der Waals surface area (Å²) < 4.78 is 5.48. The third-order valence-electron chi connectivity index (χ3n) is 3.57. The van der Waals surface area contributed by atoms with E-state index in [1.165, 1.54) is 0 Å². The first-order valence-corrected chi connectivity index (χ1v) is 8.11. The number of aliphatic hydroxyl groups is 1. The molecule has 0 bridgehead atoms. The van der Waals surface area contributed by atoms with Gasteiger partial charge >= 0.3 is 0 Å². The average molecular weight is 318 g/mol. The maximum atomic E-state index is 12.3. The number of ether oxygens (including phenoxy) is 1. The number of carbonyl (C=O) groups is 1. The Morgan fingerprint density at radius 1 is 1.35 bits per heavy atom. The molecule has 0 heterocycles. The van der Waals surface area contributed by atoms with Crippen LogP contribution in [0.2, 0.25) is 0 Å². The van der Waals surface area contributed by atoms with Crippen molar-refractivity contribution in [3.8, 4) is 11.8 Å². The Bertz CT molecular complexity index is 545. The molecule has 0 fully saturated rings. The van der Waals surface area contributed by atoms with E-state index in [-0.39, 0.29) is 12.3 Å². The van der Waals surface area contributed by atoms with Gasteiger partial charge < -0.3 is 15.2 Å². The average Bonchev–Trinajstić information content (AvgIpc) is 2.49. The first kappa shape index (κ1) is 19.0. The van der Waals surface area contributed by atoms with Crippen LogP contribution in [0.15, 0.2) is 24.3 Å². The molecule has 5 nitrogen and oxygen atoms in total. The molecule has 0 saturated carbocycles. The van der Waals surface area contributed by atoms with Crippen LogP contribution in [0.1, 0.15) is 52.9 Å². The van der Waals surface area contributed by atoms with Gasteiger partial charge in [0.15, 0.2) is 6.10 Å². The van der Waals surface area contributed by atoms with Crippen molar-refractivity contribution < 1.29 is 14.6 Å². The number of amides is 1. The first-order valence-electron chi connectivity index (χ1n) is 8.11. The van der Waals surface area contributed by atoms with Crippen LogP contribution in [0.3, 0.4) is 0 Å². The predicted octanol–water partition coefficient (Wildman–Crippen LogP) is 3.64. The van der Waals surface area contributed by atoms with Gasteiger partial charge in [-0.1, -0.05) is 38.8 Å². The monoisotopic (exact) mass is 318 g/mol. The molecule has 0 radical (unpaired) electrons. The molecular weight excluding hydrogens is 292 g/mol. The van der Waals surface area contributed by atoms with Crippen molar-refractivity contribution in [3.63, 3.8) is 0 Å². The molecule has 1 unspecified atom stereocenters. The highest BCUT2D eigenvalue weighted by atomic mass is 16.5. The number of nitriles is 1. The molecule has 0 aliphatic heterocycles. The molecule has 2 N–H and O–H groups in total. The largest absolute Gasteiger partial charge is 0.474 e. The van der Waals surface area contributed by atoms with E-state index in [9.17, 15) is 9.90 Å². The molecule has 23 heavy (non-hydrogen) atoms. The third-order valence-corrected chi connectivity index (χ3v) is 3.57. The van der Waals surface area contributed by atoms with Gasteiger partial charge in [-0.3, -0.25) is 4.79 Å². The second kappa shape index (κ2) is 9.16. The van der Waals surface area contributed by atoms with E-state index in [0.29, 0.717) is 24.3 Å². The van der Waals surface area contributed by atoms with Gasteiger partial charge in [-0.05, 0) is 31.9 Å². The van der Waals surface area contributed by atoms with Crippen LogP contribution in [0.5, 0.6) is 5.75 Å². The van der Waals surface area contributed by atoms with E-state index in [1.54, 1.807) is 31.2 Å². The fourth-order valence-corrected chi connectivity index (χ4v) is 2.62. The highest BCUT2D eigenvalue weighted by Gasteiger charge is 2.28. The van der Waals surface area contributed by atoms with Crippen LogP contribution < -0.4 is 10.1 Å². The number of para-hydroxylation sites is 2. The maximum absolute atomic E-state index is 12.3. The molecule has 0 aliphatic carbocycles. The zero-order valence-electron chi connectivity index (χ0n) is 14.1. The van der Waals surface area contributed by atoms with Crippen molar-refractivity contribution in [2.75, 3.05) is 5.32 Å². The minimum atomic E-state index is -0.969. The van der Waals surface area contributed by atoms with Crippen LogP contribution in [0.4, 0.5) is 5.69 Å². The van der Waals surface area contributed by atoms with E-state index in [1.807, 2.05) is 19.9 Å². The molecule has 0 aliphatic rings. The Morgan fingerprint density at radius 3 is 2.52 bits per heavy atom. The Hall–Kier alpha value is -2.06. The normalized spacial score (nSPS) is 12.3. The van der Waals surface area contributed by atoms with Gasteiger partial charge in [-0.2, -0.15) is 5.26 Å². The fourth-order valence-electron chi connectivity index (χ4n) is 2.62. The summed E-state index contributed by atoms with van der Waals surface area (Å²) in [5.41, 5.74) is -0.460. The second-order valence-corrected chi connectivity index (χ2v) is 5.83. The second-order valence-electron chi connectivity index (χ2n) is 5.83. The van der Waals surface area contributed by atoms with Crippen LogP contribution in [0.25, 0.3) is 0 Å². The van der Waals surface area contributed by atoms with Gasteiger partial charge in [-0.15, -0.1) is 0 Å². The Labute approximate surface area is 138 Å². The summed E-state index contributed by atoms with van der Waals surface area (Å²) in [6.45, 7) is 5.62. The summed E-state index contributed by atoms with van der Waals surface area (Å²) in [5, 5.41) is 22.2. The molecule has 0 saturated heterocycles. The van der Waals surface area contributed by atoms with Crippen molar-refractivity contribution in [2.24, 2.45) is 0 Å². The van der Waals surface area contributed by atoms with E-state index in [2.05, 4.69) is 5.32 Å². The first-order chi connectivity index (χ1) is 10.9. The Balaban J connectivity index is 2.79. The quantitative estimate of drug-likeness (QED) is 0.728. The molecule has 126 valence electrons. The SMILES string of the molecule is CCCC(O)(CCC)CC(=O)Nc1ccccc1OC(C)C#N. The summed E-state index contributed by atoms with van der Waals surface area (Å²) >= 11 is 0. The molecule has 1 atom stereocenters. The summed E-state index contributed by atoms with van der Waals surface area (Å²) in [6, 6.07) is 8.97. The van der Waals surface area contributed by atoms with Gasteiger partial charge in [0, 0.05) is 0 Å². The predicted molar refractivity (Wildman–Crippen MR) is 90.2 cm³/mol. The third kappa shape index (κ3) is 6.29. The van der Waals surface area contributed by atoms with Crippen LogP contribution in [-0.2, 0) is 4.79 Å². The Morgan fingerprint density at radius 2 is 1.96 bits per heavy atom. The number of carbonyl (C=O) groups excluding carboxylic acids is 1. The molecular formula is C18H26N2O3. The molecule has 1 aromatic carbocycles. The Kier molecular flexibility index (Phi) is 7.56. The number of benzene rings is 1. The minimum Gasteiger partial charge on any atom is -0.474 e. The fraction of sp³-hybridized carbons (Fsp3) is 0.556. The van der Waals surface area contributed by atoms with Crippen molar-refractivity contribution >= 4 is 11.6 Å². The smallest absolute Gasteiger partial charge is 0.227 e. The lowest BCUT2D eigenvalue weighted by Gasteiger charge is -2.27. The lowest BCUT2D eigenvalue weighted by atomic mass is 9.89. The number of nitrogens with one attached hydrogen (secondary N) is 1. The molecule has 1 amide bonds. The minimum absolute atomic E-state index is 0.0524. The summed E-state index contributed by atoms with van der Waals surface area (Å²) in [6.07, 6.45) is 2.28. The number of anilines is 1. The topological polar surface area (TPSA) is 82.3 Å². The standard InChI is InChI=1S/C18H26N2O3/c1-4-10-18(22,11-5-2)12-17(21)20-15-8-6-7-9-16(15)23-14(3)13-19/h6-9,14,22H,4-5,10-12H2,1-3H3,(H,20,21). The zero-order valence-corrected chi connectivity index (χ0v) is 14.1. The highest BCUT2D eigenvalue weighted by Crippen LogP contribution is 2.27. The lowest BCUT2D eigenvalue weighted by Crippen LogP contribution is -2.34. The van der Waals surface area contributed by atoms with Crippen molar-refractivity contribution in [3.05, 3.63) is 24.3 Å². The summed E-state index contributed by atoms with van der Waals surface area (Å²) in [4.78, 5) is 12.3. The van der Waals surface area contributed by atoms with Crippen molar-refractivity contribution in [2.45, 2.75) is 64.6 Å². The molecule has 1 rings (SSSR count). The van der Waals surface area contributed by atoms with Gasteiger partial charge in [0.2, 0.25) is 5.91 Å². The summed E-state index contributed by atoms with van der Waals surface area (Å²) in [7, 11) is 0. The maximum Gasteiger partial charge on any atom is 0.227 e. The highest BCUT2D eigenvalue weighted by molar-refractivity contribution is 5.92. The number of hydrogen-bond donors (Lipinski definition) is 2. The van der Waals surface area contributed by atoms with Crippen molar-refractivity contribution in [1.29, 1.82) is 5.26 Å². The van der Waals surface area contributed by atoms with Gasteiger partial charge in [0.05, 0.1) is 17.7 Å².